The van der Waals surface area contributed by atoms with Crippen LogP contribution in [0.1, 0.15) is 31.2 Å². The number of ether oxygens (including phenoxy) is 1. The van der Waals surface area contributed by atoms with Crippen LogP contribution in [-0.2, 0) is 0 Å². The second-order valence-corrected chi connectivity index (χ2v) is 5.12. The van der Waals surface area contributed by atoms with Crippen LogP contribution in [0.4, 0.5) is 5.82 Å². The topological polar surface area (TPSA) is 73.1 Å². The first kappa shape index (κ1) is 13.1. The fraction of sp³-hybridized carbons (Fsp3) is 0.692. The minimum Gasteiger partial charge on any atom is -0.481 e. The third kappa shape index (κ3) is 2.56. The van der Waals surface area contributed by atoms with Gasteiger partial charge in [-0.15, -0.1) is 0 Å². The van der Waals surface area contributed by atoms with Crippen molar-refractivity contribution in [3.8, 4) is 5.88 Å². The molecule has 0 unspecified atom stereocenters. The lowest BCUT2D eigenvalue weighted by atomic mass is 9.86. The van der Waals surface area contributed by atoms with Gasteiger partial charge in [0.05, 0.1) is 12.7 Å². The zero-order valence-corrected chi connectivity index (χ0v) is 11.2. The van der Waals surface area contributed by atoms with E-state index in [1.807, 2.05) is 6.92 Å². The molecule has 0 radical (unpaired) electrons. The Labute approximate surface area is 108 Å². The van der Waals surface area contributed by atoms with Gasteiger partial charge in [0.2, 0.25) is 5.88 Å². The van der Waals surface area contributed by atoms with Crippen molar-refractivity contribution in [1.29, 1.82) is 0 Å². The Bertz CT molecular complexity index is 402. The molecule has 3 N–H and O–H groups in total. The third-order valence-electron chi connectivity index (χ3n) is 3.96. The molecule has 1 aromatic heterocycles. The maximum atomic E-state index is 5.93. The van der Waals surface area contributed by atoms with E-state index in [9.17, 15) is 0 Å². The van der Waals surface area contributed by atoms with Crippen LogP contribution in [-0.4, -0.2) is 30.2 Å². The molecule has 0 saturated heterocycles. The van der Waals surface area contributed by atoms with Crippen LogP contribution >= 0.6 is 0 Å². The molecule has 5 nitrogen and oxygen atoms in total. The molecule has 5 heteroatoms. The molecular formula is C13H22N4O. The third-order valence-corrected chi connectivity index (χ3v) is 3.96. The summed E-state index contributed by atoms with van der Waals surface area (Å²) in [6, 6.07) is 0. The maximum Gasteiger partial charge on any atom is 0.221 e. The monoisotopic (exact) mass is 250 g/mol. The van der Waals surface area contributed by atoms with Crippen molar-refractivity contribution in [2.45, 2.75) is 32.6 Å². The van der Waals surface area contributed by atoms with Crippen LogP contribution < -0.4 is 15.8 Å². The van der Waals surface area contributed by atoms with Crippen LogP contribution in [0.15, 0.2) is 6.33 Å². The van der Waals surface area contributed by atoms with Gasteiger partial charge in [-0.05, 0) is 31.7 Å². The number of nitrogens with two attached hydrogens (primary N) is 1. The zero-order chi connectivity index (χ0) is 13.0. The smallest absolute Gasteiger partial charge is 0.221 e. The van der Waals surface area contributed by atoms with Gasteiger partial charge in [0.25, 0.3) is 0 Å². The summed E-state index contributed by atoms with van der Waals surface area (Å²) in [4.78, 5) is 8.35. The highest BCUT2D eigenvalue weighted by atomic mass is 16.5. The van der Waals surface area contributed by atoms with Gasteiger partial charge in [-0.3, -0.25) is 0 Å². The van der Waals surface area contributed by atoms with Crippen LogP contribution in [0, 0.1) is 12.3 Å². The number of nitrogens with zero attached hydrogens (tertiary/aromatic N) is 2. The molecular weight excluding hydrogens is 228 g/mol. The number of hydrogen-bond acceptors (Lipinski definition) is 5. The summed E-state index contributed by atoms with van der Waals surface area (Å²) in [5.74, 6) is 1.47. The number of hydrogen-bond donors (Lipinski definition) is 2. The molecule has 0 aromatic carbocycles. The molecule has 1 aliphatic carbocycles. The number of rotatable bonds is 5. The summed E-state index contributed by atoms with van der Waals surface area (Å²) in [7, 11) is 1.62. The molecule has 0 spiro atoms. The van der Waals surface area contributed by atoms with E-state index < -0.39 is 0 Å². The minimum absolute atomic E-state index is 0.241. The summed E-state index contributed by atoms with van der Waals surface area (Å²) in [6.07, 6.45) is 6.50. The molecule has 0 atom stereocenters. The van der Waals surface area contributed by atoms with Crippen molar-refractivity contribution in [3.63, 3.8) is 0 Å². The van der Waals surface area contributed by atoms with Crippen molar-refractivity contribution in [3.05, 3.63) is 11.9 Å². The second kappa shape index (κ2) is 5.52. The first-order chi connectivity index (χ1) is 8.71. The highest BCUT2D eigenvalue weighted by molar-refractivity contribution is 5.47. The van der Waals surface area contributed by atoms with Gasteiger partial charge in [-0.25, -0.2) is 9.97 Å². The number of nitrogens with one attached hydrogen (secondary N) is 1. The Morgan fingerprint density at radius 2 is 2.11 bits per heavy atom. The molecule has 1 saturated carbocycles. The van der Waals surface area contributed by atoms with Gasteiger partial charge < -0.3 is 15.8 Å². The Hall–Kier alpha value is -1.36. The SMILES string of the molecule is COc1ncnc(NCC2(CN)CCCC2)c1C. The standard InChI is InChI=1S/C13H22N4O/c1-10-11(16-9-17-12(10)18-2)15-8-13(7-14)5-3-4-6-13/h9H,3-8,14H2,1-2H3,(H,15,16,17). The largest absolute Gasteiger partial charge is 0.481 e. The van der Waals surface area contributed by atoms with Gasteiger partial charge in [0.1, 0.15) is 12.1 Å². The fourth-order valence-electron chi connectivity index (χ4n) is 2.67. The maximum absolute atomic E-state index is 5.93. The van der Waals surface area contributed by atoms with Crippen molar-refractivity contribution in [2.75, 3.05) is 25.5 Å². The van der Waals surface area contributed by atoms with Gasteiger partial charge in [0.15, 0.2) is 0 Å². The van der Waals surface area contributed by atoms with Crippen molar-refractivity contribution >= 4 is 5.82 Å². The molecule has 1 fully saturated rings. The van der Waals surface area contributed by atoms with E-state index in [0.29, 0.717) is 5.88 Å². The van der Waals surface area contributed by atoms with Crippen molar-refractivity contribution < 1.29 is 4.74 Å². The number of methoxy groups -OCH3 is 1. The van der Waals surface area contributed by atoms with Gasteiger partial charge >= 0.3 is 0 Å². The van der Waals surface area contributed by atoms with E-state index in [-0.39, 0.29) is 5.41 Å². The normalized spacial score (nSPS) is 17.7. The highest BCUT2D eigenvalue weighted by Gasteiger charge is 2.32. The number of anilines is 1. The average molecular weight is 250 g/mol. The highest BCUT2D eigenvalue weighted by Crippen LogP contribution is 2.37. The Kier molecular flexibility index (Phi) is 4.01. The fourth-order valence-corrected chi connectivity index (χ4v) is 2.67. The van der Waals surface area contributed by atoms with E-state index in [1.54, 1.807) is 7.11 Å². The van der Waals surface area contributed by atoms with Crippen LogP contribution in [0.25, 0.3) is 0 Å². The lowest BCUT2D eigenvalue weighted by Crippen LogP contribution is -2.35. The van der Waals surface area contributed by atoms with Crippen molar-refractivity contribution in [2.24, 2.45) is 11.1 Å². The first-order valence-corrected chi connectivity index (χ1v) is 6.50. The molecule has 0 aliphatic heterocycles. The second-order valence-electron chi connectivity index (χ2n) is 5.12. The Morgan fingerprint density at radius 3 is 2.72 bits per heavy atom. The molecule has 1 heterocycles. The predicted molar refractivity (Wildman–Crippen MR) is 71.8 cm³/mol. The van der Waals surface area contributed by atoms with E-state index >= 15 is 0 Å². The van der Waals surface area contributed by atoms with Gasteiger partial charge in [-0.2, -0.15) is 0 Å². The minimum atomic E-state index is 0.241. The van der Waals surface area contributed by atoms with Crippen LogP contribution in [0.3, 0.4) is 0 Å². The van der Waals surface area contributed by atoms with Crippen LogP contribution in [0.2, 0.25) is 0 Å². The Morgan fingerprint density at radius 1 is 1.39 bits per heavy atom. The summed E-state index contributed by atoms with van der Waals surface area (Å²) in [5, 5.41) is 3.41. The molecule has 18 heavy (non-hydrogen) atoms. The molecule has 1 aliphatic rings. The van der Waals surface area contributed by atoms with E-state index in [2.05, 4.69) is 15.3 Å². The molecule has 100 valence electrons. The molecule has 0 amide bonds. The zero-order valence-electron chi connectivity index (χ0n) is 11.2. The molecule has 1 aromatic rings. The molecule has 0 bridgehead atoms. The van der Waals surface area contributed by atoms with E-state index in [4.69, 9.17) is 10.5 Å². The molecule has 2 rings (SSSR count). The summed E-state index contributed by atoms with van der Waals surface area (Å²) in [6.45, 7) is 3.58. The van der Waals surface area contributed by atoms with E-state index in [1.165, 1.54) is 32.0 Å². The number of aromatic nitrogens is 2. The quantitative estimate of drug-likeness (QED) is 0.832. The Balaban J connectivity index is 2.05. The lowest BCUT2D eigenvalue weighted by molar-refractivity contribution is 0.331. The van der Waals surface area contributed by atoms with Crippen LogP contribution in [0.5, 0.6) is 5.88 Å². The summed E-state index contributed by atoms with van der Waals surface area (Å²) >= 11 is 0. The average Bonchev–Trinajstić information content (AvgIpc) is 2.87. The van der Waals surface area contributed by atoms with E-state index in [0.717, 1.165) is 24.5 Å². The first-order valence-electron chi connectivity index (χ1n) is 6.50. The lowest BCUT2D eigenvalue weighted by Gasteiger charge is -2.28. The van der Waals surface area contributed by atoms with Gasteiger partial charge in [0, 0.05) is 6.54 Å². The summed E-state index contributed by atoms with van der Waals surface area (Å²) in [5.41, 5.74) is 7.12. The predicted octanol–water partition coefficient (Wildman–Crippen LogP) is 1.72. The van der Waals surface area contributed by atoms with Crippen molar-refractivity contribution in [1.82, 2.24) is 9.97 Å². The summed E-state index contributed by atoms with van der Waals surface area (Å²) < 4.78 is 5.19. The van der Waals surface area contributed by atoms with Gasteiger partial charge in [-0.1, -0.05) is 12.8 Å².